The molecule has 3 N–H and O–H groups in total. The molecule has 0 aliphatic carbocycles. The van der Waals surface area contributed by atoms with Crippen molar-refractivity contribution < 1.29 is 24.2 Å². The normalized spacial score (nSPS) is 14.8. The van der Waals surface area contributed by atoms with Gasteiger partial charge in [-0.3, -0.25) is 9.59 Å². The van der Waals surface area contributed by atoms with Gasteiger partial charge in [-0.2, -0.15) is 0 Å². The van der Waals surface area contributed by atoms with E-state index in [0.717, 1.165) is 36.0 Å². The van der Waals surface area contributed by atoms with Crippen LogP contribution in [0.5, 0.6) is 0 Å². The zero-order chi connectivity index (χ0) is 29.2. The maximum Gasteiger partial charge on any atom is 0.408 e. The molecule has 0 saturated heterocycles. The van der Waals surface area contributed by atoms with Crippen molar-refractivity contribution in [1.29, 1.82) is 0 Å². The van der Waals surface area contributed by atoms with Crippen LogP contribution in [0.15, 0.2) is 18.2 Å². The first-order chi connectivity index (χ1) is 17.6. The number of ether oxygens (including phenoxy) is 1. The molecule has 0 bridgehead atoms. The number of hydrogen-bond acceptors (Lipinski definition) is 5. The van der Waals surface area contributed by atoms with Crippen LogP contribution in [0.4, 0.5) is 4.79 Å². The van der Waals surface area contributed by atoms with Crippen LogP contribution in [0, 0.1) is 19.8 Å². The highest BCUT2D eigenvalue weighted by atomic mass is 16.6. The number of aliphatic hydroxyl groups is 1. The molecule has 8 heteroatoms. The Morgan fingerprint density at radius 2 is 1.63 bits per heavy atom. The third kappa shape index (κ3) is 10.6. The summed E-state index contributed by atoms with van der Waals surface area (Å²) in [6, 6.07) is 3.22. The van der Waals surface area contributed by atoms with Crippen LogP contribution in [0.2, 0.25) is 0 Å². The first-order valence-electron chi connectivity index (χ1n) is 13.9. The van der Waals surface area contributed by atoms with Gasteiger partial charge in [-0.05, 0) is 84.8 Å². The van der Waals surface area contributed by atoms with Crippen molar-refractivity contribution in [3.05, 3.63) is 34.9 Å². The number of alkyl carbamates (subject to hydrolysis) is 1. The summed E-state index contributed by atoms with van der Waals surface area (Å²) in [5, 5.41) is 15.8. The van der Waals surface area contributed by atoms with Crippen LogP contribution < -0.4 is 10.6 Å². The Kier molecular flexibility index (Phi) is 13.3. The number of rotatable bonds is 13. The highest BCUT2D eigenvalue weighted by molar-refractivity contribution is 5.92. The predicted octanol–water partition coefficient (Wildman–Crippen LogP) is 5.19. The molecule has 1 rings (SSSR count). The molecule has 3 amide bonds. The molecule has 0 heterocycles. The van der Waals surface area contributed by atoms with Crippen LogP contribution in [-0.2, 0) is 14.3 Å². The molecule has 1 aromatic carbocycles. The number of hydrogen-bond donors (Lipinski definition) is 3. The van der Waals surface area contributed by atoms with Gasteiger partial charge in [0, 0.05) is 12.1 Å². The summed E-state index contributed by atoms with van der Waals surface area (Å²) in [5.41, 5.74) is 1.89. The Hall–Kier alpha value is -2.61. The summed E-state index contributed by atoms with van der Waals surface area (Å²) in [6.45, 7) is 18.6. The molecule has 0 radical (unpaired) electrons. The average Bonchev–Trinajstić information content (AvgIpc) is 2.78. The standard InChI is InChI=1S/C30H51N3O5/c1-11-12-22(6)31-27(35)26(24-16-14-20(4)17-21(24)5)33(23(7)15-13-19(2)3)28(36)25(18-34)32-29(37)38-30(8,9)10/h14,16-17,19,22-23,25-26,34H,11-13,15,18H2,1-10H3,(H,31,35)(H,32,37). The monoisotopic (exact) mass is 533 g/mol. The van der Waals surface area contributed by atoms with Crippen molar-refractivity contribution in [2.75, 3.05) is 6.61 Å². The van der Waals surface area contributed by atoms with Crippen molar-refractivity contribution in [3.63, 3.8) is 0 Å². The van der Waals surface area contributed by atoms with Gasteiger partial charge >= 0.3 is 6.09 Å². The van der Waals surface area contributed by atoms with Crippen molar-refractivity contribution in [3.8, 4) is 0 Å². The van der Waals surface area contributed by atoms with E-state index in [2.05, 4.69) is 31.4 Å². The van der Waals surface area contributed by atoms with Crippen LogP contribution in [0.25, 0.3) is 0 Å². The van der Waals surface area contributed by atoms with E-state index in [1.165, 1.54) is 0 Å². The van der Waals surface area contributed by atoms with Gasteiger partial charge in [0.2, 0.25) is 11.8 Å². The topological polar surface area (TPSA) is 108 Å². The van der Waals surface area contributed by atoms with Crippen molar-refractivity contribution >= 4 is 17.9 Å². The second kappa shape index (κ2) is 15.1. The van der Waals surface area contributed by atoms with Gasteiger partial charge in [-0.25, -0.2) is 4.79 Å². The molecule has 0 spiro atoms. The average molecular weight is 534 g/mol. The van der Waals surface area contributed by atoms with Crippen LogP contribution in [-0.4, -0.2) is 58.2 Å². The SMILES string of the molecule is CCCC(C)NC(=O)C(c1ccc(C)cc1C)N(C(=O)C(CO)NC(=O)OC(C)(C)C)C(C)CCC(C)C. The van der Waals surface area contributed by atoms with E-state index in [1.807, 2.05) is 45.9 Å². The summed E-state index contributed by atoms with van der Waals surface area (Å²) in [5.74, 6) is -0.407. The van der Waals surface area contributed by atoms with E-state index < -0.39 is 36.3 Å². The zero-order valence-corrected chi connectivity index (χ0v) is 25.2. The van der Waals surface area contributed by atoms with Gasteiger partial charge in [0.1, 0.15) is 17.7 Å². The predicted molar refractivity (Wildman–Crippen MR) is 152 cm³/mol. The molecule has 0 fully saturated rings. The number of aryl methyl sites for hydroxylation is 2. The Labute approximate surface area is 229 Å². The van der Waals surface area contributed by atoms with Crippen LogP contribution in [0.1, 0.15) is 104 Å². The van der Waals surface area contributed by atoms with Gasteiger partial charge < -0.3 is 25.4 Å². The lowest BCUT2D eigenvalue weighted by Crippen LogP contribution is -2.57. The summed E-state index contributed by atoms with van der Waals surface area (Å²) in [7, 11) is 0. The minimum absolute atomic E-state index is 0.0720. The van der Waals surface area contributed by atoms with E-state index in [-0.39, 0.29) is 18.0 Å². The maximum absolute atomic E-state index is 14.1. The molecule has 0 saturated carbocycles. The van der Waals surface area contributed by atoms with E-state index in [0.29, 0.717) is 12.3 Å². The molecule has 0 aliphatic heterocycles. The van der Waals surface area contributed by atoms with Crippen molar-refractivity contribution in [1.82, 2.24) is 15.5 Å². The summed E-state index contributed by atoms with van der Waals surface area (Å²) in [6.07, 6.45) is 2.43. The maximum atomic E-state index is 14.1. The minimum Gasteiger partial charge on any atom is -0.444 e. The van der Waals surface area contributed by atoms with Gasteiger partial charge in [0.05, 0.1) is 6.61 Å². The smallest absolute Gasteiger partial charge is 0.408 e. The molecule has 1 aromatic rings. The second-order valence-electron chi connectivity index (χ2n) is 11.9. The lowest BCUT2D eigenvalue weighted by Gasteiger charge is -2.39. The minimum atomic E-state index is -1.26. The molecule has 4 unspecified atom stereocenters. The third-order valence-corrected chi connectivity index (χ3v) is 6.42. The third-order valence-electron chi connectivity index (χ3n) is 6.42. The van der Waals surface area contributed by atoms with Crippen molar-refractivity contribution in [2.24, 2.45) is 5.92 Å². The number of amides is 3. The number of carbonyl (C=O) groups is 3. The summed E-state index contributed by atoms with van der Waals surface area (Å²) in [4.78, 5) is 42.1. The molecule has 8 nitrogen and oxygen atoms in total. The number of nitrogens with one attached hydrogen (secondary N) is 2. The number of benzene rings is 1. The molecule has 38 heavy (non-hydrogen) atoms. The van der Waals surface area contributed by atoms with Gasteiger partial charge in [0.25, 0.3) is 0 Å². The lowest BCUT2D eigenvalue weighted by atomic mass is 9.93. The zero-order valence-electron chi connectivity index (χ0n) is 25.2. The quantitative estimate of drug-likeness (QED) is 0.323. The number of nitrogens with zero attached hydrogens (tertiary/aromatic N) is 1. The highest BCUT2D eigenvalue weighted by Crippen LogP contribution is 2.30. The largest absolute Gasteiger partial charge is 0.444 e. The first-order valence-corrected chi connectivity index (χ1v) is 13.9. The Bertz CT molecular complexity index is 925. The molecule has 0 aromatic heterocycles. The fraction of sp³-hybridized carbons (Fsp3) is 0.700. The van der Waals surface area contributed by atoms with Gasteiger partial charge in [0.15, 0.2) is 0 Å². The van der Waals surface area contributed by atoms with E-state index in [9.17, 15) is 19.5 Å². The fourth-order valence-corrected chi connectivity index (χ4v) is 4.50. The first kappa shape index (κ1) is 33.4. The van der Waals surface area contributed by atoms with Gasteiger partial charge in [-0.1, -0.05) is 51.0 Å². The molecular weight excluding hydrogens is 482 g/mol. The fourth-order valence-electron chi connectivity index (χ4n) is 4.50. The molecule has 4 atom stereocenters. The molecule has 0 aliphatic rings. The summed E-state index contributed by atoms with van der Waals surface area (Å²) >= 11 is 0. The Morgan fingerprint density at radius 1 is 1.00 bits per heavy atom. The molecular formula is C30H51N3O5. The Morgan fingerprint density at radius 3 is 2.13 bits per heavy atom. The lowest BCUT2D eigenvalue weighted by molar-refractivity contribution is -0.146. The van der Waals surface area contributed by atoms with Crippen LogP contribution in [0.3, 0.4) is 0 Å². The van der Waals surface area contributed by atoms with Gasteiger partial charge in [-0.15, -0.1) is 0 Å². The second-order valence-corrected chi connectivity index (χ2v) is 11.9. The number of aliphatic hydroxyl groups excluding tert-OH is 1. The van der Waals surface area contributed by atoms with E-state index >= 15 is 0 Å². The Balaban J connectivity index is 3.60. The highest BCUT2D eigenvalue weighted by Gasteiger charge is 2.39. The van der Waals surface area contributed by atoms with E-state index in [1.54, 1.807) is 25.7 Å². The van der Waals surface area contributed by atoms with Crippen molar-refractivity contribution in [2.45, 2.75) is 125 Å². The van der Waals surface area contributed by atoms with E-state index in [4.69, 9.17) is 4.74 Å². The summed E-state index contributed by atoms with van der Waals surface area (Å²) < 4.78 is 5.33. The van der Waals surface area contributed by atoms with Crippen LogP contribution >= 0.6 is 0 Å². The number of carbonyl (C=O) groups excluding carboxylic acids is 3. The molecule has 216 valence electrons.